The molecule has 1 unspecified atom stereocenters. The normalized spacial score (nSPS) is 12.7. The second-order valence-electron chi connectivity index (χ2n) is 4.30. The first-order valence-corrected chi connectivity index (χ1v) is 5.87. The fourth-order valence-corrected chi connectivity index (χ4v) is 2.04. The summed E-state index contributed by atoms with van der Waals surface area (Å²) < 4.78 is 41.4. The van der Waals surface area contributed by atoms with Crippen LogP contribution in [-0.4, -0.2) is 9.78 Å². The Bertz CT molecular complexity index is 607. The van der Waals surface area contributed by atoms with Crippen LogP contribution in [0, 0.1) is 17.5 Å². The van der Waals surface area contributed by atoms with Crippen LogP contribution in [0.25, 0.3) is 0 Å². The van der Waals surface area contributed by atoms with Gasteiger partial charge in [0, 0.05) is 24.4 Å². The third-order valence-electron chi connectivity index (χ3n) is 3.01. The zero-order valence-electron chi connectivity index (χ0n) is 10.6. The third-order valence-corrected chi connectivity index (χ3v) is 3.01. The molecule has 2 rings (SSSR count). The van der Waals surface area contributed by atoms with E-state index in [-0.39, 0.29) is 5.56 Å². The summed E-state index contributed by atoms with van der Waals surface area (Å²) in [6.07, 6.45) is 2.28. The molecule has 0 aliphatic carbocycles. The number of halogens is 3. The van der Waals surface area contributed by atoms with Gasteiger partial charge in [-0.1, -0.05) is 13.0 Å². The summed E-state index contributed by atoms with van der Waals surface area (Å²) in [5, 5.41) is 4.19. The molecule has 1 heterocycles. The molecular weight excluding hydrogens is 255 g/mol. The highest BCUT2D eigenvalue weighted by atomic mass is 19.2. The average molecular weight is 269 g/mol. The van der Waals surface area contributed by atoms with E-state index in [1.807, 2.05) is 6.92 Å². The lowest BCUT2D eigenvalue weighted by molar-refractivity contribution is 0.438. The van der Waals surface area contributed by atoms with Crippen molar-refractivity contribution in [3.8, 4) is 0 Å². The van der Waals surface area contributed by atoms with E-state index < -0.39 is 23.5 Å². The number of hydrogen-bond donors (Lipinski definition) is 1. The van der Waals surface area contributed by atoms with Crippen molar-refractivity contribution < 1.29 is 13.2 Å². The van der Waals surface area contributed by atoms with Gasteiger partial charge < -0.3 is 5.73 Å². The first kappa shape index (κ1) is 13.6. The maximum Gasteiger partial charge on any atom is 0.194 e. The van der Waals surface area contributed by atoms with E-state index in [2.05, 4.69) is 5.10 Å². The highest BCUT2D eigenvalue weighted by Gasteiger charge is 2.22. The molecule has 102 valence electrons. The molecule has 2 aromatic rings. The minimum atomic E-state index is -1.50. The second kappa shape index (κ2) is 5.05. The molecule has 0 fully saturated rings. The summed E-state index contributed by atoms with van der Waals surface area (Å²) in [7, 11) is 1.72. The van der Waals surface area contributed by atoms with Gasteiger partial charge in [-0.05, 0) is 12.5 Å². The van der Waals surface area contributed by atoms with Gasteiger partial charge in [0.1, 0.15) is 0 Å². The maximum absolute atomic E-state index is 13.7. The van der Waals surface area contributed by atoms with Gasteiger partial charge in [0.05, 0.1) is 11.7 Å². The van der Waals surface area contributed by atoms with Gasteiger partial charge in [-0.3, -0.25) is 4.68 Å². The summed E-state index contributed by atoms with van der Waals surface area (Å²) in [6, 6.07) is 1.15. The highest BCUT2D eigenvalue weighted by Crippen LogP contribution is 2.26. The molecule has 0 aliphatic heterocycles. The van der Waals surface area contributed by atoms with Gasteiger partial charge in [-0.25, -0.2) is 13.2 Å². The Hall–Kier alpha value is -1.82. The number of hydrogen-bond acceptors (Lipinski definition) is 2. The van der Waals surface area contributed by atoms with Crippen molar-refractivity contribution in [3.63, 3.8) is 0 Å². The van der Waals surface area contributed by atoms with Crippen LogP contribution >= 0.6 is 0 Å². The lowest BCUT2D eigenvalue weighted by Gasteiger charge is -2.13. The molecule has 0 aliphatic rings. The van der Waals surface area contributed by atoms with Crippen molar-refractivity contribution in [2.24, 2.45) is 12.8 Å². The number of aryl methyl sites for hydroxylation is 2. The zero-order chi connectivity index (χ0) is 14.2. The molecule has 0 bridgehead atoms. The summed E-state index contributed by atoms with van der Waals surface area (Å²) >= 11 is 0. The van der Waals surface area contributed by atoms with Gasteiger partial charge in [-0.2, -0.15) is 5.10 Å². The van der Waals surface area contributed by atoms with Crippen molar-refractivity contribution in [2.45, 2.75) is 19.4 Å². The molecule has 0 saturated heterocycles. The van der Waals surface area contributed by atoms with Crippen molar-refractivity contribution >= 4 is 0 Å². The van der Waals surface area contributed by atoms with E-state index in [1.165, 1.54) is 0 Å². The first-order chi connectivity index (χ1) is 8.95. The van der Waals surface area contributed by atoms with Crippen LogP contribution in [-0.2, 0) is 13.5 Å². The minimum Gasteiger partial charge on any atom is -0.320 e. The Kier molecular flexibility index (Phi) is 3.61. The van der Waals surface area contributed by atoms with Crippen LogP contribution in [0.5, 0.6) is 0 Å². The number of rotatable bonds is 3. The quantitative estimate of drug-likeness (QED) is 0.870. The lowest BCUT2D eigenvalue weighted by atomic mass is 9.98. The second-order valence-corrected chi connectivity index (χ2v) is 4.30. The first-order valence-electron chi connectivity index (χ1n) is 5.87. The van der Waals surface area contributed by atoms with E-state index in [9.17, 15) is 13.2 Å². The van der Waals surface area contributed by atoms with Crippen LogP contribution in [0.4, 0.5) is 13.2 Å². The van der Waals surface area contributed by atoms with E-state index in [0.717, 1.165) is 12.1 Å². The molecule has 6 heteroatoms. The van der Waals surface area contributed by atoms with E-state index >= 15 is 0 Å². The van der Waals surface area contributed by atoms with Crippen LogP contribution < -0.4 is 5.73 Å². The average Bonchev–Trinajstić information content (AvgIpc) is 2.77. The molecule has 19 heavy (non-hydrogen) atoms. The standard InChI is InChI=1S/C13H14F3N3/c1-3-10-8(6-19(2)18-10)13(17)7-4-5-9(14)12(16)11(7)15/h4-6,13H,3,17H2,1-2H3. The summed E-state index contributed by atoms with van der Waals surface area (Å²) in [4.78, 5) is 0. The minimum absolute atomic E-state index is 0.0819. The Balaban J connectivity index is 2.49. The molecule has 0 saturated carbocycles. The van der Waals surface area contributed by atoms with Gasteiger partial charge in [0.25, 0.3) is 0 Å². The fraction of sp³-hybridized carbons (Fsp3) is 0.308. The van der Waals surface area contributed by atoms with E-state index in [1.54, 1.807) is 17.9 Å². The van der Waals surface area contributed by atoms with Gasteiger partial charge >= 0.3 is 0 Å². The molecule has 0 amide bonds. The third kappa shape index (κ3) is 2.35. The number of nitrogens with two attached hydrogens (primary N) is 1. The molecule has 1 atom stereocenters. The molecule has 1 aromatic carbocycles. The van der Waals surface area contributed by atoms with E-state index in [0.29, 0.717) is 17.7 Å². The number of benzene rings is 1. The SMILES string of the molecule is CCc1nn(C)cc1C(N)c1ccc(F)c(F)c1F. The van der Waals surface area contributed by atoms with Crippen molar-refractivity contribution in [2.75, 3.05) is 0 Å². The number of aromatic nitrogens is 2. The highest BCUT2D eigenvalue weighted by molar-refractivity contribution is 5.34. The van der Waals surface area contributed by atoms with E-state index in [4.69, 9.17) is 5.73 Å². The van der Waals surface area contributed by atoms with Crippen LogP contribution in [0.3, 0.4) is 0 Å². The monoisotopic (exact) mass is 269 g/mol. The smallest absolute Gasteiger partial charge is 0.194 e. The molecule has 0 radical (unpaired) electrons. The summed E-state index contributed by atoms with van der Waals surface area (Å²) in [6.45, 7) is 1.89. The molecule has 2 N–H and O–H groups in total. The Morgan fingerprint density at radius 3 is 2.53 bits per heavy atom. The van der Waals surface area contributed by atoms with Crippen molar-refractivity contribution in [3.05, 3.63) is 52.6 Å². The molecule has 0 spiro atoms. The Morgan fingerprint density at radius 2 is 1.89 bits per heavy atom. The molecular formula is C13H14F3N3. The Labute approximate surface area is 108 Å². The Morgan fingerprint density at radius 1 is 1.21 bits per heavy atom. The van der Waals surface area contributed by atoms with Crippen molar-refractivity contribution in [1.82, 2.24) is 9.78 Å². The number of nitrogens with zero attached hydrogens (tertiary/aromatic N) is 2. The predicted octanol–water partition coefficient (Wildman–Crippen LogP) is 2.45. The maximum atomic E-state index is 13.7. The molecule has 1 aromatic heterocycles. The topological polar surface area (TPSA) is 43.8 Å². The van der Waals surface area contributed by atoms with Gasteiger partial charge in [0.15, 0.2) is 17.5 Å². The largest absolute Gasteiger partial charge is 0.320 e. The fourth-order valence-electron chi connectivity index (χ4n) is 2.04. The lowest BCUT2D eigenvalue weighted by Crippen LogP contribution is -2.16. The summed E-state index contributed by atoms with van der Waals surface area (Å²) in [5.41, 5.74) is 7.18. The van der Waals surface area contributed by atoms with Gasteiger partial charge in [-0.15, -0.1) is 0 Å². The molecule has 3 nitrogen and oxygen atoms in total. The van der Waals surface area contributed by atoms with Gasteiger partial charge in [0.2, 0.25) is 0 Å². The summed E-state index contributed by atoms with van der Waals surface area (Å²) in [5.74, 6) is -3.98. The zero-order valence-corrected chi connectivity index (χ0v) is 10.6. The predicted molar refractivity (Wildman–Crippen MR) is 64.9 cm³/mol. The van der Waals surface area contributed by atoms with Crippen LogP contribution in [0.15, 0.2) is 18.3 Å². The van der Waals surface area contributed by atoms with Crippen LogP contribution in [0.1, 0.15) is 29.8 Å². The van der Waals surface area contributed by atoms with Crippen molar-refractivity contribution in [1.29, 1.82) is 0 Å². The van der Waals surface area contributed by atoms with Crippen LogP contribution in [0.2, 0.25) is 0 Å².